The number of thiophene rings is 1. The van der Waals surface area contributed by atoms with Crippen LogP contribution in [0.2, 0.25) is 0 Å². The average Bonchev–Trinajstić information content (AvgIpc) is 3.17. The van der Waals surface area contributed by atoms with E-state index in [0.717, 1.165) is 29.7 Å². The van der Waals surface area contributed by atoms with Gasteiger partial charge in [0.15, 0.2) is 5.16 Å². The molecule has 3 aromatic rings. The molecule has 5 heteroatoms. The predicted octanol–water partition coefficient (Wildman–Crippen LogP) is 4.55. The van der Waals surface area contributed by atoms with E-state index < -0.39 is 0 Å². The monoisotopic (exact) mass is 329 g/mol. The van der Waals surface area contributed by atoms with Crippen molar-refractivity contribution < 1.29 is 0 Å². The molecule has 1 aromatic carbocycles. The predicted molar refractivity (Wildman–Crippen MR) is 93.6 cm³/mol. The Labute approximate surface area is 139 Å². The van der Waals surface area contributed by atoms with Crippen LogP contribution >= 0.6 is 23.1 Å². The van der Waals surface area contributed by atoms with Crippen molar-refractivity contribution in [1.82, 2.24) is 14.8 Å². The molecule has 0 saturated heterocycles. The Kier molecular flexibility index (Phi) is 4.95. The van der Waals surface area contributed by atoms with E-state index >= 15 is 0 Å². The molecule has 0 aliphatic heterocycles. The summed E-state index contributed by atoms with van der Waals surface area (Å²) in [4.78, 5) is 1.33. The van der Waals surface area contributed by atoms with Crippen LogP contribution in [0.15, 0.2) is 46.9 Å². The van der Waals surface area contributed by atoms with Gasteiger partial charge in [0, 0.05) is 23.6 Å². The van der Waals surface area contributed by atoms with Crippen LogP contribution < -0.4 is 0 Å². The first kappa shape index (κ1) is 15.3. The smallest absolute Gasteiger partial charge is 0.191 e. The summed E-state index contributed by atoms with van der Waals surface area (Å²) in [5.41, 5.74) is 2.62. The lowest BCUT2D eigenvalue weighted by Gasteiger charge is -2.07. The standard InChI is InChI=1S/C17H19N3S2/c1-3-20-16(11-15-5-4-10-21-15)18-19-17(20)22-12-14-8-6-13(2)7-9-14/h4-10H,3,11-12H2,1-2H3. The highest BCUT2D eigenvalue weighted by molar-refractivity contribution is 7.98. The molecule has 3 rings (SSSR count). The van der Waals surface area contributed by atoms with Gasteiger partial charge in [0.2, 0.25) is 0 Å². The number of hydrogen-bond acceptors (Lipinski definition) is 4. The van der Waals surface area contributed by atoms with E-state index in [1.165, 1.54) is 16.0 Å². The summed E-state index contributed by atoms with van der Waals surface area (Å²) in [6.45, 7) is 5.17. The minimum absolute atomic E-state index is 0.865. The second-order valence-corrected chi connectivity index (χ2v) is 7.15. The zero-order valence-corrected chi connectivity index (χ0v) is 14.5. The Balaban J connectivity index is 1.71. The van der Waals surface area contributed by atoms with Crippen LogP contribution in [0, 0.1) is 6.92 Å². The molecule has 0 radical (unpaired) electrons. The maximum atomic E-state index is 4.39. The fraction of sp³-hybridized carbons (Fsp3) is 0.294. The molecule has 0 fully saturated rings. The van der Waals surface area contributed by atoms with Gasteiger partial charge in [0.05, 0.1) is 0 Å². The Hall–Kier alpha value is -1.59. The van der Waals surface area contributed by atoms with Crippen molar-refractivity contribution in [2.75, 3.05) is 0 Å². The second-order valence-electron chi connectivity index (χ2n) is 5.17. The van der Waals surface area contributed by atoms with Crippen LogP contribution in [-0.4, -0.2) is 14.8 Å². The molecular formula is C17H19N3S2. The average molecular weight is 329 g/mol. The third-order valence-electron chi connectivity index (χ3n) is 3.51. The summed E-state index contributed by atoms with van der Waals surface area (Å²) in [7, 11) is 0. The molecule has 0 saturated carbocycles. The highest BCUT2D eigenvalue weighted by Gasteiger charge is 2.12. The molecule has 0 amide bonds. The summed E-state index contributed by atoms with van der Waals surface area (Å²) in [5, 5.41) is 11.9. The normalized spacial score (nSPS) is 11.0. The summed E-state index contributed by atoms with van der Waals surface area (Å²) in [6, 6.07) is 12.9. The van der Waals surface area contributed by atoms with Crippen LogP contribution in [0.1, 0.15) is 28.8 Å². The van der Waals surface area contributed by atoms with Gasteiger partial charge in [-0.15, -0.1) is 21.5 Å². The number of thioether (sulfide) groups is 1. The second kappa shape index (κ2) is 7.11. The first-order valence-electron chi connectivity index (χ1n) is 7.39. The third-order valence-corrected chi connectivity index (χ3v) is 5.42. The van der Waals surface area contributed by atoms with Crippen LogP contribution in [0.4, 0.5) is 0 Å². The van der Waals surface area contributed by atoms with Gasteiger partial charge in [0.25, 0.3) is 0 Å². The van der Waals surface area contributed by atoms with Crippen molar-refractivity contribution >= 4 is 23.1 Å². The zero-order chi connectivity index (χ0) is 15.4. The van der Waals surface area contributed by atoms with Gasteiger partial charge in [-0.05, 0) is 30.9 Å². The number of nitrogens with zero attached hydrogens (tertiary/aromatic N) is 3. The molecule has 0 unspecified atom stereocenters. The van der Waals surface area contributed by atoms with Crippen LogP contribution in [0.3, 0.4) is 0 Å². The lowest BCUT2D eigenvalue weighted by molar-refractivity contribution is 0.652. The molecular weight excluding hydrogens is 310 g/mol. The fourth-order valence-corrected chi connectivity index (χ4v) is 3.95. The van der Waals surface area contributed by atoms with Crippen LogP contribution in [0.25, 0.3) is 0 Å². The quantitative estimate of drug-likeness (QED) is 0.622. The van der Waals surface area contributed by atoms with Crippen molar-refractivity contribution in [3.8, 4) is 0 Å². The SMILES string of the molecule is CCn1c(Cc2cccs2)nnc1SCc1ccc(C)cc1. The Bertz CT molecular complexity index is 715. The van der Waals surface area contributed by atoms with Crippen LogP contribution in [-0.2, 0) is 18.7 Å². The Morgan fingerprint density at radius 3 is 2.64 bits per heavy atom. The van der Waals surface area contributed by atoms with Gasteiger partial charge in [-0.1, -0.05) is 47.7 Å². The lowest BCUT2D eigenvalue weighted by atomic mass is 10.2. The first-order chi connectivity index (χ1) is 10.8. The van der Waals surface area contributed by atoms with E-state index in [1.54, 1.807) is 23.1 Å². The minimum atomic E-state index is 0.865. The van der Waals surface area contributed by atoms with Crippen molar-refractivity contribution in [2.24, 2.45) is 0 Å². The van der Waals surface area contributed by atoms with Crippen molar-refractivity contribution in [1.29, 1.82) is 0 Å². The molecule has 114 valence electrons. The maximum Gasteiger partial charge on any atom is 0.191 e. The third kappa shape index (κ3) is 3.59. The van der Waals surface area contributed by atoms with Crippen molar-refractivity contribution in [3.63, 3.8) is 0 Å². The molecule has 2 aromatic heterocycles. The van der Waals surface area contributed by atoms with Crippen molar-refractivity contribution in [3.05, 3.63) is 63.6 Å². The van der Waals surface area contributed by atoms with E-state index in [4.69, 9.17) is 0 Å². The Morgan fingerprint density at radius 1 is 1.14 bits per heavy atom. The molecule has 22 heavy (non-hydrogen) atoms. The van der Waals surface area contributed by atoms with Gasteiger partial charge in [-0.25, -0.2) is 0 Å². The number of hydrogen-bond donors (Lipinski definition) is 0. The maximum absolute atomic E-state index is 4.39. The van der Waals surface area contributed by atoms with Crippen LogP contribution in [0.5, 0.6) is 0 Å². The molecule has 0 bridgehead atoms. The van der Waals surface area contributed by atoms with Gasteiger partial charge >= 0.3 is 0 Å². The highest BCUT2D eigenvalue weighted by Crippen LogP contribution is 2.23. The number of benzene rings is 1. The summed E-state index contributed by atoms with van der Waals surface area (Å²) < 4.78 is 2.22. The van der Waals surface area contributed by atoms with E-state index in [1.807, 2.05) is 0 Å². The summed E-state index contributed by atoms with van der Waals surface area (Å²) >= 11 is 3.53. The van der Waals surface area contributed by atoms with E-state index in [-0.39, 0.29) is 0 Å². The molecule has 0 atom stereocenters. The summed E-state index contributed by atoms with van der Waals surface area (Å²) in [6.07, 6.45) is 0.865. The highest BCUT2D eigenvalue weighted by atomic mass is 32.2. The molecule has 0 N–H and O–H groups in total. The fourth-order valence-electron chi connectivity index (χ4n) is 2.28. The van der Waals surface area contributed by atoms with Gasteiger partial charge < -0.3 is 4.57 Å². The molecule has 0 aliphatic carbocycles. The molecule has 0 aliphatic rings. The summed E-state index contributed by atoms with van der Waals surface area (Å²) in [5.74, 6) is 1.98. The first-order valence-corrected chi connectivity index (χ1v) is 9.25. The number of rotatable bonds is 6. The van der Waals surface area contributed by atoms with E-state index in [2.05, 4.69) is 70.4 Å². The zero-order valence-electron chi connectivity index (χ0n) is 12.8. The van der Waals surface area contributed by atoms with Gasteiger partial charge in [-0.3, -0.25) is 0 Å². The Morgan fingerprint density at radius 2 is 1.95 bits per heavy atom. The van der Waals surface area contributed by atoms with Crippen molar-refractivity contribution in [2.45, 2.75) is 37.7 Å². The van der Waals surface area contributed by atoms with Gasteiger partial charge in [0.1, 0.15) is 5.82 Å². The molecule has 2 heterocycles. The number of aryl methyl sites for hydroxylation is 1. The molecule has 0 spiro atoms. The largest absolute Gasteiger partial charge is 0.306 e. The molecule has 3 nitrogen and oxygen atoms in total. The lowest BCUT2D eigenvalue weighted by Crippen LogP contribution is -2.03. The van der Waals surface area contributed by atoms with Gasteiger partial charge in [-0.2, -0.15) is 0 Å². The number of aromatic nitrogens is 3. The minimum Gasteiger partial charge on any atom is -0.306 e. The topological polar surface area (TPSA) is 30.7 Å². The van der Waals surface area contributed by atoms with E-state index in [9.17, 15) is 0 Å². The van der Waals surface area contributed by atoms with E-state index in [0.29, 0.717) is 0 Å².